The molecule has 5 rings (SSSR count). The number of carbonyl (C=O) groups excluding carboxylic acids is 1. The first kappa shape index (κ1) is 27.0. The maximum absolute atomic E-state index is 14.5. The molecule has 0 saturated heterocycles. The lowest BCUT2D eigenvalue weighted by Crippen LogP contribution is -2.22. The number of hydrogen-bond donors (Lipinski definition) is 1. The number of halogens is 4. The van der Waals surface area contributed by atoms with E-state index in [1.165, 1.54) is 43.0 Å². The Morgan fingerprint density at radius 2 is 1.95 bits per heavy atom. The van der Waals surface area contributed by atoms with Crippen molar-refractivity contribution in [2.24, 2.45) is 0 Å². The second kappa shape index (κ2) is 10.9. The number of hydrogen-bond acceptors (Lipinski definition) is 7. The van der Waals surface area contributed by atoms with Crippen molar-refractivity contribution in [1.82, 2.24) is 19.9 Å². The van der Waals surface area contributed by atoms with Gasteiger partial charge in [0.15, 0.2) is 5.13 Å². The van der Waals surface area contributed by atoms with Gasteiger partial charge in [0.1, 0.15) is 16.7 Å². The van der Waals surface area contributed by atoms with Crippen LogP contribution in [0.25, 0.3) is 11.1 Å². The SMILES string of the molecule is COc1cnc(Cl)cc1-c1cc(C)ncc1C(=O)Nc1nc2c(s1)CN(C(C)c1ccc(C(F)F)cc1F)C2. The maximum Gasteiger partial charge on any atom is 0.263 e. The minimum Gasteiger partial charge on any atom is -0.494 e. The van der Waals surface area contributed by atoms with Gasteiger partial charge in [-0.25, -0.2) is 23.1 Å². The Kier molecular flexibility index (Phi) is 7.57. The first-order valence-corrected chi connectivity index (χ1v) is 13.1. The van der Waals surface area contributed by atoms with Gasteiger partial charge in [0.25, 0.3) is 12.3 Å². The topological polar surface area (TPSA) is 80.2 Å². The van der Waals surface area contributed by atoms with E-state index in [0.717, 1.165) is 16.6 Å². The van der Waals surface area contributed by atoms with Crippen molar-refractivity contribution in [3.8, 4) is 16.9 Å². The van der Waals surface area contributed by atoms with Crippen molar-refractivity contribution in [2.75, 3.05) is 12.4 Å². The summed E-state index contributed by atoms with van der Waals surface area (Å²) in [6, 6.07) is 6.60. The molecule has 39 heavy (non-hydrogen) atoms. The number of pyridine rings is 2. The Hall–Kier alpha value is -3.54. The second-order valence-electron chi connectivity index (χ2n) is 9.08. The highest BCUT2D eigenvalue weighted by molar-refractivity contribution is 7.15. The van der Waals surface area contributed by atoms with Gasteiger partial charge < -0.3 is 4.74 Å². The van der Waals surface area contributed by atoms with E-state index in [1.54, 1.807) is 12.1 Å². The Bertz CT molecular complexity index is 1540. The van der Waals surface area contributed by atoms with Crippen LogP contribution in [0.15, 0.2) is 42.7 Å². The summed E-state index contributed by atoms with van der Waals surface area (Å²) in [5, 5.41) is 3.54. The van der Waals surface area contributed by atoms with Gasteiger partial charge in [-0.1, -0.05) is 23.7 Å². The van der Waals surface area contributed by atoms with E-state index in [2.05, 4.69) is 20.3 Å². The van der Waals surface area contributed by atoms with Crippen LogP contribution in [0.2, 0.25) is 5.15 Å². The highest BCUT2D eigenvalue weighted by atomic mass is 35.5. The molecule has 1 N–H and O–H groups in total. The van der Waals surface area contributed by atoms with Gasteiger partial charge in [0.05, 0.1) is 24.6 Å². The number of fused-ring (bicyclic) bond motifs is 1. The van der Waals surface area contributed by atoms with Crippen molar-refractivity contribution in [3.63, 3.8) is 0 Å². The normalized spacial score (nSPS) is 13.9. The Labute approximate surface area is 231 Å². The predicted molar refractivity (Wildman–Crippen MR) is 143 cm³/mol. The minimum absolute atomic E-state index is 0.256. The van der Waals surface area contributed by atoms with Crippen LogP contribution in [0.4, 0.5) is 18.3 Å². The molecule has 1 aliphatic rings. The summed E-state index contributed by atoms with van der Waals surface area (Å²) in [6.45, 7) is 4.57. The molecule has 1 amide bonds. The largest absolute Gasteiger partial charge is 0.494 e. The van der Waals surface area contributed by atoms with Crippen LogP contribution in [0, 0.1) is 12.7 Å². The summed E-state index contributed by atoms with van der Waals surface area (Å²) < 4.78 is 45.8. The number of anilines is 1. The molecule has 3 aromatic heterocycles. The third-order valence-corrected chi connectivity index (χ3v) is 7.81. The number of methoxy groups -OCH3 is 1. The molecule has 1 aromatic carbocycles. The number of benzene rings is 1. The zero-order valence-electron chi connectivity index (χ0n) is 21.1. The summed E-state index contributed by atoms with van der Waals surface area (Å²) in [7, 11) is 1.51. The Balaban J connectivity index is 1.33. The second-order valence-corrected chi connectivity index (χ2v) is 10.6. The van der Waals surface area contributed by atoms with Gasteiger partial charge in [-0.15, -0.1) is 11.3 Å². The zero-order chi connectivity index (χ0) is 27.8. The number of rotatable bonds is 7. The first-order valence-electron chi connectivity index (χ1n) is 11.9. The Morgan fingerprint density at radius 3 is 2.64 bits per heavy atom. The molecule has 7 nitrogen and oxygen atoms in total. The zero-order valence-corrected chi connectivity index (χ0v) is 22.7. The lowest BCUT2D eigenvalue weighted by molar-refractivity contribution is 0.102. The van der Waals surface area contributed by atoms with Gasteiger partial charge >= 0.3 is 0 Å². The molecule has 1 atom stereocenters. The van der Waals surface area contributed by atoms with Crippen LogP contribution >= 0.6 is 22.9 Å². The number of nitrogens with one attached hydrogen (secondary N) is 1. The fraction of sp³-hybridized carbons (Fsp3) is 0.259. The van der Waals surface area contributed by atoms with E-state index >= 15 is 0 Å². The number of aromatic nitrogens is 3. The van der Waals surface area contributed by atoms with Gasteiger partial charge in [-0.2, -0.15) is 0 Å². The molecule has 4 aromatic rings. The molecule has 12 heteroatoms. The molecule has 202 valence electrons. The van der Waals surface area contributed by atoms with Crippen molar-refractivity contribution < 1.29 is 22.7 Å². The van der Waals surface area contributed by atoms with E-state index in [1.807, 2.05) is 18.7 Å². The third kappa shape index (κ3) is 5.47. The predicted octanol–water partition coefficient (Wildman–Crippen LogP) is 6.98. The monoisotopic (exact) mass is 573 g/mol. The summed E-state index contributed by atoms with van der Waals surface area (Å²) in [6.07, 6.45) is 0.260. The van der Waals surface area contributed by atoms with Crippen LogP contribution in [-0.2, 0) is 13.1 Å². The summed E-state index contributed by atoms with van der Waals surface area (Å²) >= 11 is 7.46. The number of thiazole rings is 1. The molecule has 4 heterocycles. The Morgan fingerprint density at radius 1 is 1.15 bits per heavy atom. The fourth-order valence-corrected chi connectivity index (χ4v) is 5.67. The van der Waals surface area contributed by atoms with Crippen LogP contribution in [0.3, 0.4) is 0 Å². The fourth-order valence-electron chi connectivity index (χ4n) is 4.52. The highest BCUT2D eigenvalue weighted by Gasteiger charge is 2.30. The molecular weight excluding hydrogens is 551 g/mol. The summed E-state index contributed by atoms with van der Waals surface area (Å²) in [5.41, 5.74) is 2.99. The quantitative estimate of drug-likeness (QED) is 0.240. The molecule has 0 aliphatic carbocycles. The van der Waals surface area contributed by atoms with E-state index in [4.69, 9.17) is 16.3 Å². The molecular formula is C27H23ClF3N5O2S. The maximum atomic E-state index is 14.5. The first-order chi connectivity index (χ1) is 18.6. The molecule has 0 radical (unpaired) electrons. The highest BCUT2D eigenvalue weighted by Crippen LogP contribution is 2.38. The van der Waals surface area contributed by atoms with Gasteiger partial charge in [0.2, 0.25) is 0 Å². The molecule has 0 saturated carbocycles. The average Bonchev–Trinajstić information content (AvgIpc) is 3.47. The van der Waals surface area contributed by atoms with Gasteiger partial charge in [0, 0.05) is 58.2 Å². The lowest BCUT2D eigenvalue weighted by Gasteiger charge is -2.24. The number of amides is 1. The standard InChI is InChI=1S/C27H23ClF3N5O2S/c1-13-6-17(18-8-24(28)33-10-22(18)38-3)19(9-32-13)26(37)35-27-34-21-11-36(12-23(21)39-27)14(2)16-5-4-15(25(30)31)7-20(16)29/h4-10,14,25H,11-12H2,1-3H3,(H,34,35,37). The van der Waals surface area contributed by atoms with Crippen LogP contribution in [0.1, 0.15) is 57.1 Å². The van der Waals surface area contributed by atoms with E-state index in [0.29, 0.717) is 51.9 Å². The van der Waals surface area contributed by atoms with Crippen LogP contribution < -0.4 is 10.1 Å². The van der Waals surface area contributed by atoms with E-state index in [9.17, 15) is 18.0 Å². The van der Waals surface area contributed by atoms with E-state index < -0.39 is 18.1 Å². The van der Waals surface area contributed by atoms with E-state index in [-0.39, 0.29) is 16.8 Å². The molecule has 0 fully saturated rings. The summed E-state index contributed by atoms with van der Waals surface area (Å²) in [5.74, 6) is -0.598. The number of aryl methyl sites for hydroxylation is 1. The van der Waals surface area contributed by atoms with Gasteiger partial charge in [-0.05, 0) is 32.0 Å². The van der Waals surface area contributed by atoms with Gasteiger partial charge in [-0.3, -0.25) is 20.0 Å². The third-order valence-electron chi connectivity index (χ3n) is 6.60. The lowest BCUT2D eigenvalue weighted by atomic mass is 10.0. The van der Waals surface area contributed by atoms with Crippen molar-refractivity contribution in [2.45, 2.75) is 39.4 Å². The van der Waals surface area contributed by atoms with Crippen LogP contribution in [-0.4, -0.2) is 32.9 Å². The number of carbonyl (C=O) groups is 1. The molecule has 1 unspecified atom stereocenters. The summed E-state index contributed by atoms with van der Waals surface area (Å²) in [4.78, 5) is 29.2. The number of ether oxygens (including phenoxy) is 1. The molecule has 0 bridgehead atoms. The number of alkyl halides is 2. The van der Waals surface area contributed by atoms with Crippen LogP contribution in [0.5, 0.6) is 5.75 Å². The smallest absolute Gasteiger partial charge is 0.263 e. The average molecular weight is 574 g/mol. The van der Waals surface area contributed by atoms with Crippen molar-refractivity contribution in [3.05, 3.63) is 86.7 Å². The molecule has 0 spiro atoms. The number of nitrogens with zero attached hydrogens (tertiary/aromatic N) is 4. The molecule has 1 aliphatic heterocycles. The minimum atomic E-state index is -2.73. The van der Waals surface area contributed by atoms with Crippen molar-refractivity contribution in [1.29, 1.82) is 0 Å². The van der Waals surface area contributed by atoms with Crippen molar-refractivity contribution >= 4 is 34.0 Å².